The van der Waals surface area contributed by atoms with Crippen LogP contribution in [0.15, 0.2) is 30.6 Å². The van der Waals surface area contributed by atoms with Crippen molar-refractivity contribution in [2.75, 3.05) is 23.3 Å². The molecule has 0 amide bonds. The summed E-state index contributed by atoms with van der Waals surface area (Å²) in [6.45, 7) is 4.79. The van der Waals surface area contributed by atoms with Crippen LogP contribution in [0.4, 0.5) is 16.2 Å². The molecule has 1 N–H and O–H groups in total. The second-order valence-electron chi connectivity index (χ2n) is 9.96. The molecule has 4 heterocycles. The standard InChI is InChI=1S/C25H29ClFN7/c1-15-8-22(29-14-28-15)33-12-16-5-6-17(13-33)23(16)30-25-31-24-21(4-2-3-7-34(24)32-25)18-9-19(26)11-20(27)10-18/h8-11,14,16-17,21,23H,2-7,12-13H2,1H3,(H,30,32)/t16-,17+,21-,23-/m0/s1. The quantitative estimate of drug-likeness (QED) is 0.576. The predicted molar refractivity (Wildman–Crippen MR) is 130 cm³/mol. The number of aryl methyl sites for hydroxylation is 2. The first-order valence-electron chi connectivity index (χ1n) is 12.2. The molecule has 3 aliphatic rings. The minimum absolute atomic E-state index is 0.00155. The number of piperidine rings is 1. The van der Waals surface area contributed by atoms with Gasteiger partial charge in [-0.2, -0.15) is 4.98 Å². The van der Waals surface area contributed by atoms with E-state index in [1.165, 1.54) is 18.9 Å². The first-order chi connectivity index (χ1) is 16.5. The topological polar surface area (TPSA) is 71.8 Å². The van der Waals surface area contributed by atoms with Crippen LogP contribution in [-0.4, -0.2) is 43.9 Å². The summed E-state index contributed by atoms with van der Waals surface area (Å²) >= 11 is 6.17. The molecule has 2 aromatic heterocycles. The van der Waals surface area contributed by atoms with E-state index in [2.05, 4.69) is 26.3 Å². The molecule has 0 spiro atoms. The maximum Gasteiger partial charge on any atom is 0.242 e. The Morgan fingerprint density at radius 3 is 2.62 bits per heavy atom. The zero-order chi connectivity index (χ0) is 23.2. The van der Waals surface area contributed by atoms with Crippen molar-refractivity contribution >= 4 is 23.4 Å². The van der Waals surface area contributed by atoms with Crippen molar-refractivity contribution in [3.63, 3.8) is 0 Å². The highest BCUT2D eigenvalue weighted by Crippen LogP contribution is 2.40. The van der Waals surface area contributed by atoms with E-state index in [1.54, 1.807) is 12.4 Å². The normalized spacial score (nSPS) is 26.3. The number of nitrogens with zero attached hydrogens (tertiary/aromatic N) is 6. The van der Waals surface area contributed by atoms with Crippen molar-refractivity contribution in [2.45, 2.75) is 57.5 Å². The fourth-order valence-corrected chi connectivity index (χ4v) is 6.31. The van der Waals surface area contributed by atoms with Crippen molar-refractivity contribution in [3.05, 3.63) is 58.5 Å². The average Bonchev–Trinajstić information content (AvgIpc) is 3.20. The Kier molecular flexibility index (Phi) is 5.63. The van der Waals surface area contributed by atoms with Gasteiger partial charge in [0.25, 0.3) is 0 Å². The van der Waals surface area contributed by atoms with E-state index in [0.717, 1.165) is 61.8 Å². The summed E-state index contributed by atoms with van der Waals surface area (Å²) in [6, 6.07) is 7.22. The molecule has 2 aliphatic heterocycles. The van der Waals surface area contributed by atoms with Crippen molar-refractivity contribution < 1.29 is 4.39 Å². The monoisotopic (exact) mass is 481 g/mol. The van der Waals surface area contributed by atoms with Crippen LogP contribution >= 0.6 is 11.6 Å². The van der Waals surface area contributed by atoms with Gasteiger partial charge >= 0.3 is 0 Å². The number of hydrogen-bond acceptors (Lipinski definition) is 6. The molecule has 0 radical (unpaired) electrons. The predicted octanol–water partition coefficient (Wildman–Crippen LogP) is 4.81. The lowest BCUT2D eigenvalue weighted by Crippen LogP contribution is -2.48. The van der Waals surface area contributed by atoms with Crippen molar-refractivity contribution in [1.29, 1.82) is 0 Å². The van der Waals surface area contributed by atoms with Crippen LogP contribution in [0.5, 0.6) is 0 Å². The summed E-state index contributed by atoms with van der Waals surface area (Å²) in [5.74, 6) is 3.36. The summed E-state index contributed by atoms with van der Waals surface area (Å²) < 4.78 is 16.1. The average molecular weight is 482 g/mol. The molecule has 1 aromatic carbocycles. The smallest absolute Gasteiger partial charge is 0.242 e. The van der Waals surface area contributed by atoms with Crippen molar-refractivity contribution in [1.82, 2.24) is 24.7 Å². The van der Waals surface area contributed by atoms with E-state index in [0.29, 0.717) is 28.8 Å². The molecule has 2 bridgehead atoms. The molecule has 7 nitrogen and oxygen atoms in total. The Morgan fingerprint density at radius 1 is 1.03 bits per heavy atom. The molecule has 1 saturated carbocycles. The molecule has 0 unspecified atom stereocenters. The van der Waals surface area contributed by atoms with Gasteiger partial charge in [-0.3, -0.25) is 0 Å². The van der Waals surface area contributed by atoms with Gasteiger partial charge in [-0.1, -0.05) is 18.0 Å². The van der Waals surface area contributed by atoms with Crippen LogP contribution in [0, 0.1) is 24.6 Å². The minimum atomic E-state index is -0.307. The second kappa shape index (κ2) is 8.80. The van der Waals surface area contributed by atoms with Crippen LogP contribution < -0.4 is 10.2 Å². The number of halogens is 2. The molecular weight excluding hydrogens is 453 g/mol. The molecule has 3 aromatic rings. The van der Waals surface area contributed by atoms with Gasteiger partial charge in [-0.25, -0.2) is 19.0 Å². The van der Waals surface area contributed by atoms with Gasteiger partial charge in [0.15, 0.2) is 0 Å². The van der Waals surface area contributed by atoms with Crippen molar-refractivity contribution in [2.24, 2.45) is 11.8 Å². The van der Waals surface area contributed by atoms with E-state index in [9.17, 15) is 4.39 Å². The minimum Gasteiger partial charge on any atom is -0.356 e. The molecular formula is C25H29ClFN7. The van der Waals surface area contributed by atoms with E-state index < -0.39 is 0 Å². The summed E-state index contributed by atoms with van der Waals surface area (Å²) in [4.78, 5) is 16.1. The van der Waals surface area contributed by atoms with E-state index in [1.807, 2.05) is 17.7 Å². The number of nitrogens with one attached hydrogen (secondary N) is 1. The zero-order valence-electron chi connectivity index (χ0n) is 19.3. The largest absolute Gasteiger partial charge is 0.356 e. The molecule has 178 valence electrons. The maximum absolute atomic E-state index is 14.1. The number of benzene rings is 1. The number of anilines is 2. The highest BCUT2D eigenvalue weighted by atomic mass is 35.5. The van der Waals surface area contributed by atoms with Gasteiger partial charge in [0.1, 0.15) is 23.8 Å². The lowest BCUT2D eigenvalue weighted by Gasteiger charge is -2.38. The third kappa shape index (κ3) is 4.13. The molecule has 34 heavy (non-hydrogen) atoms. The highest BCUT2D eigenvalue weighted by molar-refractivity contribution is 6.30. The fraction of sp³-hybridized carbons (Fsp3) is 0.520. The van der Waals surface area contributed by atoms with Gasteiger partial charge < -0.3 is 10.2 Å². The Morgan fingerprint density at radius 2 is 1.85 bits per heavy atom. The van der Waals surface area contributed by atoms with Crippen LogP contribution in [0.3, 0.4) is 0 Å². The van der Waals surface area contributed by atoms with Gasteiger partial charge in [-0.15, -0.1) is 5.10 Å². The third-order valence-corrected chi connectivity index (χ3v) is 7.87. The number of fused-ring (bicyclic) bond motifs is 3. The lowest BCUT2D eigenvalue weighted by atomic mass is 9.92. The highest BCUT2D eigenvalue weighted by Gasteiger charge is 2.43. The SMILES string of the molecule is Cc1cc(N2C[C@H]3CC[C@@H](C2)[C@@H]3Nc2nc3n(n2)CCCC[C@H]3c2cc(F)cc(Cl)c2)ncn1. The lowest BCUT2D eigenvalue weighted by molar-refractivity contribution is 0.374. The van der Waals surface area contributed by atoms with Gasteiger partial charge in [-0.05, 0) is 68.2 Å². The van der Waals surface area contributed by atoms with Gasteiger partial charge in [0.2, 0.25) is 5.95 Å². The summed E-state index contributed by atoms with van der Waals surface area (Å²) in [6.07, 6.45) is 7.05. The summed E-state index contributed by atoms with van der Waals surface area (Å²) in [7, 11) is 0. The van der Waals surface area contributed by atoms with Crippen LogP contribution in [-0.2, 0) is 6.54 Å². The van der Waals surface area contributed by atoms with Gasteiger partial charge in [0, 0.05) is 48.4 Å². The molecule has 1 aliphatic carbocycles. The van der Waals surface area contributed by atoms with E-state index in [4.69, 9.17) is 21.7 Å². The Hall–Kier alpha value is -2.74. The maximum atomic E-state index is 14.1. The number of aromatic nitrogens is 5. The molecule has 4 atom stereocenters. The van der Waals surface area contributed by atoms with E-state index in [-0.39, 0.29) is 11.7 Å². The number of hydrogen-bond donors (Lipinski definition) is 1. The molecule has 2 fully saturated rings. The first-order valence-corrected chi connectivity index (χ1v) is 12.6. The number of rotatable bonds is 4. The molecule has 1 saturated heterocycles. The first kappa shape index (κ1) is 21.8. The summed E-state index contributed by atoms with van der Waals surface area (Å²) in [5.41, 5.74) is 1.87. The zero-order valence-corrected chi connectivity index (χ0v) is 20.0. The Bertz CT molecular complexity index is 1160. The Labute approximate surface area is 203 Å². The van der Waals surface area contributed by atoms with Gasteiger partial charge in [0.05, 0.1) is 0 Å². The Balaban J connectivity index is 1.22. The third-order valence-electron chi connectivity index (χ3n) is 7.65. The molecule has 9 heteroatoms. The van der Waals surface area contributed by atoms with E-state index >= 15 is 0 Å². The molecule has 6 rings (SSSR count). The van der Waals surface area contributed by atoms with Crippen molar-refractivity contribution in [3.8, 4) is 0 Å². The second-order valence-corrected chi connectivity index (χ2v) is 10.4. The van der Waals surface area contributed by atoms with Crippen LogP contribution in [0.1, 0.15) is 55.1 Å². The van der Waals surface area contributed by atoms with Crippen LogP contribution in [0.2, 0.25) is 5.02 Å². The van der Waals surface area contributed by atoms with Crippen LogP contribution in [0.25, 0.3) is 0 Å². The fourth-order valence-electron chi connectivity index (χ4n) is 6.08. The summed E-state index contributed by atoms with van der Waals surface area (Å²) in [5, 5.41) is 8.96.